The van der Waals surface area contributed by atoms with E-state index in [1.165, 1.54) is 0 Å². The molecule has 0 aliphatic carbocycles. The molecule has 1 saturated heterocycles. The highest BCUT2D eigenvalue weighted by molar-refractivity contribution is 9.10. The van der Waals surface area contributed by atoms with E-state index in [0.29, 0.717) is 23.3 Å². The maximum absolute atomic E-state index is 5.99. The summed E-state index contributed by atoms with van der Waals surface area (Å²) in [6.07, 6.45) is 1.14. The number of hydrogen-bond donors (Lipinski definition) is 1. The molecule has 1 N–H and O–H groups in total. The molecule has 0 spiro atoms. The molecule has 112 valence electrons. The Kier molecular flexibility index (Phi) is 4.90. The van der Waals surface area contributed by atoms with Gasteiger partial charge < -0.3 is 9.84 Å². The summed E-state index contributed by atoms with van der Waals surface area (Å²) in [5.74, 6) is 1.24. The van der Waals surface area contributed by atoms with Gasteiger partial charge in [-0.05, 0) is 53.6 Å². The van der Waals surface area contributed by atoms with Gasteiger partial charge in [-0.15, -0.1) is 0 Å². The summed E-state index contributed by atoms with van der Waals surface area (Å²) in [6.45, 7) is 4.83. The van der Waals surface area contributed by atoms with Crippen LogP contribution in [0.25, 0.3) is 11.4 Å². The van der Waals surface area contributed by atoms with E-state index in [-0.39, 0.29) is 0 Å². The van der Waals surface area contributed by atoms with Crippen LogP contribution in [-0.2, 0) is 6.54 Å². The second-order valence-electron chi connectivity index (χ2n) is 5.02. The lowest BCUT2D eigenvalue weighted by Crippen LogP contribution is -2.27. The van der Waals surface area contributed by atoms with Crippen molar-refractivity contribution < 1.29 is 4.52 Å². The molecular formula is C14H16BrClN4O. The van der Waals surface area contributed by atoms with E-state index in [0.717, 1.165) is 42.6 Å². The van der Waals surface area contributed by atoms with Crippen molar-refractivity contribution in [2.45, 2.75) is 13.0 Å². The summed E-state index contributed by atoms with van der Waals surface area (Å²) in [4.78, 5) is 6.80. The highest BCUT2D eigenvalue weighted by Gasteiger charge is 2.15. The minimum Gasteiger partial charge on any atom is -0.338 e. The maximum Gasteiger partial charge on any atom is 0.241 e. The third-order valence-corrected chi connectivity index (χ3v) is 4.65. The van der Waals surface area contributed by atoms with E-state index < -0.39 is 0 Å². The van der Waals surface area contributed by atoms with E-state index in [1.54, 1.807) is 0 Å². The number of nitrogens with zero attached hydrogens (tertiary/aromatic N) is 3. The van der Waals surface area contributed by atoms with E-state index >= 15 is 0 Å². The standard InChI is InChI=1S/C14H16BrClN4O/c15-11-8-10(2-3-12(11)16)14-18-13(21-19-14)9-20-6-1-4-17-5-7-20/h2-3,8,17H,1,4-7,9H2. The number of hydrogen-bond acceptors (Lipinski definition) is 5. The molecule has 1 aromatic carbocycles. The Morgan fingerprint density at radius 2 is 2.24 bits per heavy atom. The zero-order valence-corrected chi connectivity index (χ0v) is 13.8. The number of halogens is 2. The maximum atomic E-state index is 5.99. The fourth-order valence-corrected chi connectivity index (χ4v) is 2.82. The van der Waals surface area contributed by atoms with Gasteiger partial charge in [0, 0.05) is 23.1 Å². The van der Waals surface area contributed by atoms with Crippen LogP contribution in [0.4, 0.5) is 0 Å². The van der Waals surface area contributed by atoms with Gasteiger partial charge in [0.1, 0.15) is 0 Å². The SMILES string of the molecule is Clc1ccc(-c2noc(CN3CCCNCC3)n2)cc1Br. The highest BCUT2D eigenvalue weighted by Crippen LogP contribution is 2.27. The quantitative estimate of drug-likeness (QED) is 0.899. The van der Waals surface area contributed by atoms with Gasteiger partial charge in [0.05, 0.1) is 11.6 Å². The van der Waals surface area contributed by atoms with Gasteiger partial charge in [-0.3, -0.25) is 4.90 Å². The average molecular weight is 372 g/mol. The lowest BCUT2D eigenvalue weighted by atomic mass is 10.2. The number of rotatable bonds is 3. The fourth-order valence-electron chi connectivity index (χ4n) is 2.32. The second-order valence-corrected chi connectivity index (χ2v) is 6.28. The lowest BCUT2D eigenvalue weighted by Gasteiger charge is -2.16. The normalized spacial score (nSPS) is 16.9. The Balaban J connectivity index is 1.71. The molecule has 0 radical (unpaired) electrons. The molecule has 0 saturated carbocycles. The largest absolute Gasteiger partial charge is 0.338 e. The van der Waals surface area contributed by atoms with Gasteiger partial charge in [-0.25, -0.2) is 0 Å². The molecule has 0 amide bonds. The number of benzene rings is 1. The van der Waals surface area contributed by atoms with Crippen LogP contribution >= 0.6 is 27.5 Å². The van der Waals surface area contributed by atoms with Crippen LogP contribution < -0.4 is 5.32 Å². The predicted octanol–water partition coefficient (Wildman–Crippen LogP) is 2.95. The summed E-state index contributed by atoms with van der Waals surface area (Å²) < 4.78 is 6.19. The molecule has 2 aromatic rings. The zero-order chi connectivity index (χ0) is 14.7. The van der Waals surface area contributed by atoms with Crippen molar-refractivity contribution in [1.29, 1.82) is 0 Å². The first-order valence-corrected chi connectivity index (χ1v) is 8.10. The van der Waals surface area contributed by atoms with E-state index in [4.69, 9.17) is 16.1 Å². The Labute approximate surface area is 136 Å². The van der Waals surface area contributed by atoms with Crippen molar-refractivity contribution in [2.24, 2.45) is 0 Å². The van der Waals surface area contributed by atoms with Gasteiger partial charge in [0.15, 0.2) is 0 Å². The predicted molar refractivity (Wildman–Crippen MR) is 85.2 cm³/mol. The van der Waals surface area contributed by atoms with Crippen LogP contribution in [0.2, 0.25) is 5.02 Å². The van der Waals surface area contributed by atoms with Gasteiger partial charge in [0.2, 0.25) is 11.7 Å². The monoisotopic (exact) mass is 370 g/mol. The molecule has 1 aromatic heterocycles. The Morgan fingerprint density at radius 3 is 3.10 bits per heavy atom. The summed E-state index contributed by atoms with van der Waals surface area (Å²) in [5, 5.41) is 8.10. The summed E-state index contributed by atoms with van der Waals surface area (Å²) in [5.41, 5.74) is 0.888. The van der Waals surface area contributed by atoms with Crippen molar-refractivity contribution in [3.63, 3.8) is 0 Å². The van der Waals surface area contributed by atoms with Crippen LogP contribution in [0, 0.1) is 0 Å². The highest BCUT2D eigenvalue weighted by atomic mass is 79.9. The molecule has 0 unspecified atom stereocenters. The van der Waals surface area contributed by atoms with Crippen molar-refractivity contribution in [3.05, 3.63) is 33.6 Å². The molecule has 5 nitrogen and oxygen atoms in total. The van der Waals surface area contributed by atoms with Crippen LogP contribution in [0.15, 0.2) is 27.2 Å². The minimum absolute atomic E-state index is 0.593. The van der Waals surface area contributed by atoms with Crippen LogP contribution in [-0.4, -0.2) is 41.2 Å². The van der Waals surface area contributed by atoms with E-state index in [9.17, 15) is 0 Å². The van der Waals surface area contributed by atoms with Crippen LogP contribution in [0.3, 0.4) is 0 Å². The molecular weight excluding hydrogens is 356 g/mol. The smallest absolute Gasteiger partial charge is 0.241 e. The molecule has 3 rings (SSSR count). The third-order valence-electron chi connectivity index (χ3n) is 3.44. The van der Waals surface area contributed by atoms with Crippen LogP contribution in [0.1, 0.15) is 12.3 Å². The molecule has 1 aliphatic rings. The summed E-state index contributed by atoms with van der Waals surface area (Å²) in [7, 11) is 0. The first kappa shape index (κ1) is 15.0. The third kappa shape index (κ3) is 3.83. The molecule has 1 aliphatic heterocycles. The van der Waals surface area contributed by atoms with Gasteiger partial charge >= 0.3 is 0 Å². The zero-order valence-electron chi connectivity index (χ0n) is 11.5. The Hall–Kier alpha value is -0.950. The van der Waals surface area contributed by atoms with Gasteiger partial charge in [-0.2, -0.15) is 4.98 Å². The van der Waals surface area contributed by atoms with E-state index in [2.05, 4.69) is 36.3 Å². The first-order valence-electron chi connectivity index (χ1n) is 6.93. The van der Waals surface area contributed by atoms with Crippen molar-refractivity contribution in [2.75, 3.05) is 26.2 Å². The van der Waals surface area contributed by atoms with Crippen LogP contribution in [0.5, 0.6) is 0 Å². The van der Waals surface area contributed by atoms with Gasteiger partial charge in [0.25, 0.3) is 0 Å². The lowest BCUT2D eigenvalue weighted by molar-refractivity contribution is 0.239. The first-order chi connectivity index (χ1) is 10.2. The molecule has 21 heavy (non-hydrogen) atoms. The molecule has 1 fully saturated rings. The topological polar surface area (TPSA) is 54.2 Å². The molecule has 2 heterocycles. The van der Waals surface area contributed by atoms with Crippen molar-refractivity contribution in [3.8, 4) is 11.4 Å². The molecule has 7 heteroatoms. The molecule has 0 atom stereocenters. The fraction of sp³-hybridized carbons (Fsp3) is 0.429. The number of nitrogens with one attached hydrogen (secondary N) is 1. The van der Waals surface area contributed by atoms with Crippen molar-refractivity contribution >= 4 is 27.5 Å². The summed E-state index contributed by atoms with van der Waals surface area (Å²) in [6, 6.07) is 5.60. The average Bonchev–Trinajstić information content (AvgIpc) is 2.78. The Morgan fingerprint density at radius 1 is 1.33 bits per heavy atom. The Bertz CT molecular complexity index is 611. The number of aromatic nitrogens is 2. The minimum atomic E-state index is 0.593. The van der Waals surface area contributed by atoms with Crippen molar-refractivity contribution in [1.82, 2.24) is 20.4 Å². The van der Waals surface area contributed by atoms with E-state index in [1.807, 2.05) is 18.2 Å². The second kappa shape index (κ2) is 6.87. The van der Waals surface area contributed by atoms with Gasteiger partial charge in [-0.1, -0.05) is 16.8 Å². The summed E-state index contributed by atoms with van der Waals surface area (Å²) >= 11 is 9.40. The molecule has 0 bridgehead atoms.